The molecule has 1 aromatic heterocycles. The van der Waals surface area contributed by atoms with E-state index in [9.17, 15) is 0 Å². The van der Waals surface area contributed by atoms with Crippen LogP contribution in [0.2, 0.25) is 0 Å². The number of hydrogen-bond donors (Lipinski definition) is 1. The van der Waals surface area contributed by atoms with Crippen molar-refractivity contribution in [3.63, 3.8) is 0 Å². The molecular weight excluding hydrogens is 330 g/mol. The molecule has 1 saturated heterocycles. The Morgan fingerprint density at radius 3 is 2.72 bits per heavy atom. The van der Waals surface area contributed by atoms with Gasteiger partial charge in [-0.2, -0.15) is 28.6 Å². The number of rotatable bonds is 3. The predicted molar refractivity (Wildman–Crippen MR) is 85.5 cm³/mol. The van der Waals surface area contributed by atoms with Crippen molar-refractivity contribution in [2.75, 3.05) is 12.8 Å². The van der Waals surface area contributed by atoms with Gasteiger partial charge in [-0.3, -0.25) is 4.68 Å². The fourth-order valence-electron chi connectivity index (χ4n) is 2.25. The van der Waals surface area contributed by atoms with Crippen LogP contribution in [-0.2, 0) is 7.05 Å². The second-order valence-electron chi connectivity index (χ2n) is 4.69. The SMILES string of the molecule is CNC(c1c(Br)cnn1C)C1CSC(C)C(C)S1. The van der Waals surface area contributed by atoms with E-state index in [4.69, 9.17) is 0 Å². The van der Waals surface area contributed by atoms with Gasteiger partial charge in [-0.15, -0.1) is 0 Å². The summed E-state index contributed by atoms with van der Waals surface area (Å²) in [4.78, 5) is 0. The van der Waals surface area contributed by atoms with E-state index in [-0.39, 0.29) is 0 Å². The third-order valence-corrected chi connectivity index (χ3v) is 7.59. The topological polar surface area (TPSA) is 29.9 Å². The first-order valence-electron chi connectivity index (χ1n) is 6.16. The zero-order chi connectivity index (χ0) is 13.3. The van der Waals surface area contributed by atoms with Crippen LogP contribution in [0.25, 0.3) is 0 Å². The van der Waals surface area contributed by atoms with Crippen LogP contribution in [0.5, 0.6) is 0 Å². The number of halogens is 1. The van der Waals surface area contributed by atoms with Gasteiger partial charge in [-0.25, -0.2) is 0 Å². The standard InChI is InChI=1S/C12H20BrN3S2/c1-7-8(2)18-10(6-17-7)11(14-3)12-9(13)5-15-16(12)4/h5,7-8,10-11,14H,6H2,1-4H3. The van der Waals surface area contributed by atoms with Gasteiger partial charge < -0.3 is 5.32 Å². The van der Waals surface area contributed by atoms with E-state index in [1.807, 2.05) is 25.0 Å². The molecule has 1 fully saturated rings. The lowest BCUT2D eigenvalue weighted by Crippen LogP contribution is -2.36. The summed E-state index contributed by atoms with van der Waals surface area (Å²) >= 11 is 7.79. The highest BCUT2D eigenvalue weighted by atomic mass is 79.9. The van der Waals surface area contributed by atoms with Crippen molar-refractivity contribution in [2.24, 2.45) is 7.05 Å². The maximum absolute atomic E-state index is 4.33. The number of aryl methyl sites for hydroxylation is 1. The lowest BCUT2D eigenvalue weighted by molar-refractivity contribution is 0.534. The summed E-state index contributed by atoms with van der Waals surface area (Å²) in [6, 6.07) is 0.347. The lowest BCUT2D eigenvalue weighted by atomic mass is 10.1. The average molecular weight is 350 g/mol. The molecule has 0 radical (unpaired) electrons. The maximum Gasteiger partial charge on any atom is 0.0703 e. The summed E-state index contributed by atoms with van der Waals surface area (Å²) in [5, 5.41) is 9.84. The molecule has 18 heavy (non-hydrogen) atoms. The van der Waals surface area contributed by atoms with Gasteiger partial charge in [-0.1, -0.05) is 13.8 Å². The molecule has 1 aliphatic rings. The predicted octanol–water partition coefficient (Wildman–Crippen LogP) is 3.07. The van der Waals surface area contributed by atoms with E-state index < -0.39 is 0 Å². The third-order valence-electron chi connectivity index (χ3n) is 3.49. The number of nitrogens with zero attached hydrogens (tertiary/aromatic N) is 2. The summed E-state index contributed by atoms with van der Waals surface area (Å²) in [5.74, 6) is 1.19. The first-order chi connectivity index (χ1) is 8.54. The minimum Gasteiger partial charge on any atom is -0.311 e. The molecule has 4 atom stereocenters. The van der Waals surface area contributed by atoms with E-state index in [1.54, 1.807) is 0 Å². The molecule has 102 valence electrons. The second-order valence-corrected chi connectivity index (χ2v) is 8.57. The molecule has 1 aliphatic heterocycles. The van der Waals surface area contributed by atoms with Crippen LogP contribution < -0.4 is 5.32 Å². The molecule has 0 aromatic carbocycles. The van der Waals surface area contributed by atoms with E-state index in [2.05, 4.69) is 63.7 Å². The molecule has 0 aliphatic carbocycles. The molecule has 0 bridgehead atoms. The Hall–Kier alpha value is 0.350. The van der Waals surface area contributed by atoms with E-state index >= 15 is 0 Å². The van der Waals surface area contributed by atoms with E-state index in [0.29, 0.717) is 16.5 Å². The third kappa shape index (κ3) is 2.92. The van der Waals surface area contributed by atoms with Crippen molar-refractivity contribution in [1.82, 2.24) is 15.1 Å². The minimum atomic E-state index is 0.347. The summed E-state index contributed by atoms with van der Waals surface area (Å²) in [7, 11) is 4.05. The van der Waals surface area contributed by atoms with Gasteiger partial charge in [0, 0.05) is 28.6 Å². The zero-order valence-corrected chi connectivity index (χ0v) is 14.4. The highest BCUT2D eigenvalue weighted by Crippen LogP contribution is 2.41. The Morgan fingerprint density at radius 1 is 1.50 bits per heavy atom. The van der Waals surface area contributed by atoms with Crippen molar-refractivity contribution in [3.05, 3.63) is 16.4 Å². The van der Waals surface area contributed by atoms with Gasteiger partial charge in [-0.05, 0) is 23.0 Å². The minimum absolute atomic E-state index is 0.347. The molecule has 1 aromatic rings. The molecule has 1 N–H and O–H groups in total. The normalized spacial score (nSPS) is 30.4. The van der Waals surface area contributed by atoms with Crippen molar-refractivity contribution >= 4 is 39.5 Å². The molecule has 2 heterocycles. The Labute approximate surface area is 126 Å². The zero-order valence-electron chi connectivity index (χ0n) is 11.2. The number of thioether (sulfide) groups is 2. The van der Waals surface area contributed by atoms with Gasteiger partial charge >= 0.3 is 0 Å². The molecular formula is C12H20BrN3S2. The fourth-order valence-corrected chi connectivity index (χ4v) is 5.98. The number of hydrogen-bond acceptors (Lipinski definition) is 4. The Balaban J connectivity index is 2.19. The maximum atomic E-state index is 4.33. The summed E-state index contributed by atoms with van der Waals surface area (Å²) in [6.45, 7) is 4.66. The van der Waals surface area contributed by atoms with Crippen LogP contribution in [0.4, 0.5) is 0 Å². The molecule has 0 amide bonds. The van der Waals surface area contributed by atoms with E-state index in [1.165, 1.54) is 11.4 Å². The highest BCUT2D eigenvalue weighted by molar-refractivity contribution is 9.10. The van der Waals surface area contributed by atoms with Crippen molar-refractivity contribution < 1.29 is 0 Å². The first kappa shape index (κ1) is 14.8. The van der Waals surface area contributed by atoms with Gasteiger partial charge in [0.25, 0.3) is 0 Å². The van der Waals surface area contributed by atoms with Gasteiger partial charge in [0.2, 0.25) is 0 Å². The molecule has 4 unspecified atom stereocenters. The first-order valence-corrected chi connectivity index (χ1v) is 8.94. The second kappa shape index (κ2) is 6.20. The van der Waals surface area contributed by atoms with Crippen molar-refractivity contribution in [2.45, 2.75) is 35.6 Å². The summed E-state index contributed by atoms with van der Waals surface area (Å²) in [6.07, 6.45) is 1.88. The van der Waals surface area contributed by atoms with Crippen LogP contribution in [0.15, 0.2) is 10.7 Å². The van der Waals surface area contributed by atoms with Gasteiger partial charge in [0.15, 0.2) is 0 Å². The molecule has 0 saturated carbocycles. The Morgan fingerprint density at radius 2 is 2.22 bits per heavy atom. The molecule has 3 nitrogen and oxygen atoms in total. The molecule has 6 heteroatoms. The molecule has 2 rings (SSSR count). The lowest BCUT2D eigenvalue weighted by Gasteiger charge is -2.36. The summed E-state index contributed by atoms with van der Waals surface area (Å²) in [5.41, 5.74) is 1.25. The van der Waals surface area contributed by atoms with Crippen molar-refractivity contribution in [3.8, 4) is 0 Å². The van der Waals surface area contributed by atoms with Crippen LogP contribution >= 0.6 is 39.5 Å². The number of nitrogens with one attached hydrogen (secondary N) is 1. The van der Waals surface area contributed by atoms with Crippen LogP contribution in [0.1, 0.15) is 25.6 Å². The largest absolute Gasteiger partial charge is 0.311 e. The van der Waals surface area contributed by atoms with Crippen LogP contribution in [-0.4, -0.2) is 38.3 Å². The van der Waals surface area contributed by atoms with Crippen molar-refractivity contribution in [1.29, 1.82) is 0 Å². The monoisotopic (exact) mass is 349 g/mol. The van der Waals surface area contributed by atoms with Gasteiger partial charge in [0.05, 0.1) is 22.4 Å². The highest BCUT2D eigenvalue weighted by Gasteiger charge is 2.33. The van der Waals surface area contributed by atoms with Crippen LogP contribution in [0.3, 0.4) is 0 Å². The fraction of sp³-hybridized carbons (Fsp3) is 0.750. The average Bonchev–Trinajstić information content (AvgIpc) is 2.66. The smallest absolute Gasteiger partial charge is 0.0703 e. The quantitative estimate of drug-likeness (QED) is 0.908. The van der Waals surface area contributed by atoms with Crippen LogP contribution in [0, 0.1) is 0 Å². The Bertz CT molecular complexity index is 391. The van der Waals surface area contributed by atoms with Gasteiger partial charge in [0.1, 0.15) is 0 Å². The van der Waals surface area contributed by atoms with E-state index in [0.717, 1.165) is 9.72 Å². The summed E-state index contributed by atoms with van der Waals surface area (Å²) < 4.78 is 3.07. The molecule has 0 spiro atoms. The number of aromatic nitrogens is 2. The Kier molecular flexibility index (Phi) is 5.08.